The van der Waals surface area contributed by atoms with E-state index in [1.54, 1.807) is 30.3 Å². The summed E-state index contributed by atoms with van der Waals surface area (Å²) in [4.78, 5) is 38.6. The number of fused-ring (bicyclic) bond motifs is 4. The number of hydrogen-bond acceptors (Lipinski definition) is 5. The first-order valence-electron chi connectivity index (χ1n) is 9.81. The largest absolute Gasteiger partial charge is 0.495 e. The highest BCUT2D eigenvalue weighted by molar-refractivity contribution is 6.21. The number of imide groups is 1. The zero-order valence-corrected chi connectivity index (χ0v) is 16.7. The average molecular weight is 414 g/mol. The van der Waals surface area contributed by atoms with Gasteiger partial charge in [0.2, 0.25) is 5.91 Å². The van der Waals surface area contributed by atoms with Gasteiger partial charge in [0, 0.05) is 29.8 Å². The van der Waals surface area contributed by atoms with Gasteiger partial charge in [-0.05, 0) is 24.3 Å². The normalized spacial score (nSPS) is 13.1. The number of anilines is 1. The predicted octanol–water partition coefficient (Wildman–Crippen LogP) is 4.22. The Bertz CT molecular complexity index is 1340. The first-order valence-corrected chi connectivity index (χ1v) is 9.81. The summed E-state index contributed by atoms with van der Waals surface area (Å²) in [7, 11) is 1.53. The van der Waals surface area contributed by atoms with Crippen LogP contribution in [-0.4, -0.2) is 36.3 Å². The van der Waals surface area contributed by atoms with Gasteiger partial charge in [-0.25, -0.2) is 0 Å². The van der Waals surface area contributed by atoms with Gasteiger partial charge in [-0.15, -0.1) is 0 Å². The molecule has 0 fully saturated rings. The zero-order chi connectivity index (χ0) is 21.5. The number of nitrogens with zero attached hydrogens (tertiary/aromatic N) is 1. The lowest BCUT2D eigenvalue weighted by molar-refractivity contribution is -0.116. The molecule has 0 unspecified atom stereocenters. The van der Waals surface area contributed by atoms with Crippen molar-refractivity contribution in [3.63, 3.8) is 0 Å². The Morgan fingerprint density at radius 1 is 0.935 bits per heavy atom. The van der Waals surface area contributed by atoms with E-state index in [1.807, 2.05) is 30.3 Å². The molecule has 1 aromatic heterocycles. The monoisotopic (exact) mass is 414 g/mol. The fraction of sp³-hybridized carbons (Fsp3) is 0.125. The number of benzene rings is 3. The summed E-state index contributed by atoms with van der Waals surface area (Å²) in [5, 5.41) is 4.64. The molecule has 0 saturated carbocycles. The van der Waals surface area contributed by atoms with Crippen molar-refractivity contribution in [1.82, 2.24) is 4.90 Å². The molecule has 0 bridgehead atoms. The molecule has 1 aliphatic heterocycles. The van der Waals surface area contributed by atoms with Crippen molar-refractivity contribution < 1.29 is 23.5 Å². The Morgan fingerprint density at radius 2 is 1.61 bits per heavy atom. The van der Waals surface area contributed by atoms with Crippen LogP contribution in [0.4, 0.5) is 5.69 Å². The Hall–Kier alpha value is -4.13. The SMILES string of the molecule is COc1cc2c(cc1NC(=O)CCN1C(=O)c3ccccc3C1=O)oc1ccccc12. The van der Waals surface area contributed by atoms with Crippen LogP contribution in [-0.2, 0) is 4.79 Å². The van der Waals surface area contributed by atoms with Gasteiger partial charge in [-0.3, -0.25) is 19.3 Å². The first-order chi connectivity index (χ1) is 15.1. The maximum absolute atomic E-state index is 12.6. The predicted molar refractivity (Wildman–Crippen MR) is 115 cm³/mol. The third kappa shape index (κ3) is 3.11. The molecule has 7 heteroatoms. The van der Waals surface area contributed by atoms with Crippen LogP contribution in [0.1, 0.15) is 27.1 Å². The Kier molecular flexibility index (Phi) is 4.43. The van der Waals surface area contributed by atoms with Crippen molar-refractivity contribution >= 4 is 45.3 Å². The minimum atomic E-state index is -0.380. The molecule has 4 aromatic rings. The lowest BCUT2D eigenvalue weighted by Crippen LogP contribution is -2.32. The molecule has 0 aliphatic carbocycles. The smallest absolute Gasteiger partial charge is 0.261 e. The minimum Gasteiger partial charge on any atom is -0.495 e. The lowest BCUT2D eigenvalue weighted by atomic mass is 10.1. The zero-order valence-electron chi connectivity index (χ0n) is 16.7. The van der Waals surface area contributed by atoms with Crippen LogP contribution in [0.15, 0.2) is 65.1 Å². The number of carbonyl (C=O) groups is 3. The quantitative estimate of drug-likeness (QED) is 0.494. The van der Waals surface area contributed by atoms with Crippen molar-refractivity contribution in [3.8, 4) is 5.75 Å². The van der Waals surface area contributed by atoms with E-state index in [0.717, 1.165) is 21.3 Å². The fourth-order valence-corrected chi connectivity index (χ4v) is 3.89. The highest BCUT2D eigenvalue weighted by Crippen LogP contribution is 2.36. The molecule has 0 radical (unpaired) electrons. The molecule has 2 heterocycles. The molecule has 1 aliphatic rings. The van der Waals surface area contributed by atoms with Crippen LogP contribution in [0.3, 0.4) is 0 Å². The topological polar surface area (TPSA) is 88.9 Å². The molecular weight excluding hydrogens is 396 g/mol. The van der Waals surface area contributed by atoms with E-state index in [0.29, 0.717) is 28.1 Å². The summed E-state index contributed by atoms with van der Waals surface area (Å²) in [5.74, 6) is -0.609. The molecule has 3 amide bonds. The molecule has 0 saturated heterocycles. The molecule has 3 aromatic carbocycles. The second kappa shape index (κ2) is 7.28. The number of hydrogen-bond donors (Lipinski definition) is 1. The fourth-order valence-electron chi connectivity index (χ4n) is 3.89. The Morgan fingerprint density at radius 3 is 2.32 bits per heavy atom. The van der Waals surface area contributed by atoms with Crippen LogP contribution in [0.5, 0.6) is 5.75 Å². The maximum Gasteiger partial charge on any atom is 0.261 e. The molecular formula is C24H18N2O5. The second-order valence-corrected chi connectivity index (χ2v) is 7.25. The molecule has 7 nitrogen and oxygen atoms in total. The van der Waals surface area contributed by atoms with Crippen molar-refractivity contribution in [1.29, 1.82) is 0 Å². The number of furan rings is 1. The van der Waals surface area contributed by atoms with E-state index in [9.17, 15) is 14.4 Å². The molecule has 154 valence electrons. The third-order valence-electron chi connectivity index (χ3n) is 5.41. The summed E-state index contributed by atoms with van der Waals surface area (Å²) >= 11 is 0. The number of rotatable bonds is 5. The maximum atomic E-state index is 12.6. The molecule has 5 rings (SSSR count). The Balaban J connectivity index is 1.34. The summed E-state index contributed by atoms with van der Waals surface area (Å²) in [6, 6.07) is 17.8. The Labute approximate surface area is 177 Å². The van der Waals surface area contributed by atoms with Gasteiger partial charge in [-0.1, -0.05) is 30.3 Å². The van der Waals surface area contributed by atoms with Crippen LogP contribution in [0.2, 0.25) is 0 Å². The molecule has 0 spiro atoms. The first kappa shape index (κ1) is 18.9. The van der Waals surface area contributed by atoms with Crippen molar-refractivity contribution in [2.45, 2.75) is 6.42 Å². The highest BCUT2D eigenvalue weighted by Gasteiger charge is 2.35. The summed E-state index contributed by atoms with van der Waals surface area (Å²) in [6.45, 7) is -0.00657. The van der Waals surface area contributed by atoms with Gasteiger partial charge in [0.1, 0.15) is 16.9 Å². The number of para-hydroxylation sites is 1. The number of carbonyl (C=O) groups excluding carboxylic acids is 3. The van der Waals surface area contributed by atoms with Crippen LogP contribution < -0.4 is 10.1 Å². The van der Waals surface area contributed by atoms with Crippen molar-refractivity contribution in [2.24, 2.45) is 0 Å². The van der Waals surface area contributed by atoms with E-state index in [2.05, 4.69) is 5.32 Å². The summed E-state index contributed by atoms with van der Waals surface area (Å²) in [5.41, 5.74) is 2.56. The standard InChI is InChI=1S/C24H18N2O5/c1-30-21-12-17-14-6-4-5-9-19(14)31-20(17)13-18(21)25-22(27)10-11-26-23(28)15-7-2-3-8-16(15)24(26)29/h2-9,12-13H,10-11H2,1H3,(H,25,27). The summed E-state index contributed by atoms with van der Waals surface area (Å²) in [6.07, 6.45) is -0.0349. The highest BCUT2D eigenvalue weighted by atomic mass is 16.5. The van der Waals surface area contributed by atoms with Crippen LogP contribution in [0, 0.1) is 0 Å². The average Bonchev–Trinajstić information content (AvgIpc) is 3.26. The van der Waals surface area contributed by atoms with Gasteiger partial charge >= 0.3 is 0 Å². The minimum absolute atomic E-state index is 0.00657. The van der Waals surface area contributed by atoms with Gasteiger partial charge in [0.15, 0.2) is 0 Å². The van der Waals surface area contributed by atoms with Crippen molar-refractivity contribution in [2.75, 3.05) is 19.0 Å². The number of amides is 3. The van der Waals surface area contributed by atoms with E-state index < -0.39 is 0 Å². The van der Waals surface area contributed by atoms with Gasteiger partial charge in [-0.2, -0.15) is 0 Å². The number of ether oxygens (including phenoxy) is 1. The van der Waals surface area contributed by atoms with E-state index in [-0.39, 0.29) is 30.7 Å². The lowest BCUT2D eigenvalue weighted by Gasteiger charge is -2.14. The third-order valence-corrected chi connectivity index (χ3v) is 5.41. The number of methoxy groups -OCH3 is 1. The van der Waals surface area contributed by atoms with Gasteiger partial charge < -0.3 is 14.5 Å². The number of nitrogens with one attached hydrogen (secondary N) is 1. The van der Waals surface area contributed by atoms with Crippen LogP contribution in [0.25, 0.3) is 21.9 Å². The van der Waals surface area contributed by atoms with Crippen molar-refractivity contribution in [3.05, 3.63) is 71.8 Å². The van der Waals surface area contributed by atoms with Gasteiger partial charge in [0.05, 0.1) is 23.9 Å². The molecule has 1 N–H and O–H groups in total. The summed E-state index contributed by atoms with van der Waals surface area (Å²) < 4.78 is 11.3. The second-order valence-electron chi connectivity index (χ2n) is 7.25. The van der Waals surface area contributed by atoms with E-state index in [1.165, 1.54) is 7.11 Å². The van der Waals surface area contributed by atoms with Crippen LogP contribution >= 0.6 is 0 Å². The van der Waals surface area contributed by atoms with E-state index >= 15 is 0 Å². The molecule has 31 heavy (non-hydrogen) atoms. The van der Waals surface area contributed by atoms with Gasteiger partial charge in [0.25, 0.3) is 11.8 Å². The molecule has 0 atom stereocenters. The van der Waals surface area contributed by atoms with E-state index in [4.69, 9.17) is 9.15 Å².